The molecular formula is C7H7BrN. The summed E-state index contributed by atoms with van der Waals surface area (Å²) in [5, 5.41) is 0. The third-order valence-electron chi connectivity index (χ3n) is 1.08. The summed E-state index contributed by atoms with van der Waals surface area (Å²) in [6.45, 7) is 2.00. The fraction of sp³-hybridized carbons (Fsp3) is 0.143. The lowest BCUT2D eigenvalue weighted by Crippen LogP contribution is -1.78. The second kappa shape index (κ2) is 2.97. The second-order valence-electron chi connectivity index (χ2n) is 1.70. The predicted molar refractivity (Wildman–Crippen MR) is 41.0 cm³/mol. The minimum atomic E-state index is 0.887. The van der Waals surface area contributed by atoms with Crippen molar-refractivity contribution in [2.45, 2.75) is 6.92 Å². The number of halogens is 1. The standard InChI is InChI=1S/C7H7BrN/c1-2-6-3-4-9-7(8)5-6/h2-5H,1H3. The van der Waals surface area contributed by atoms with Gasteiger partial charge in [-0.25, -0.2) is 4.98 Å². The summed E-state index contributed by atoms with van der Waals surface area (Å²) in [5.74, 6) is 0. The number of pyridine rings is 1. The first-order chi connectivity index (χ1) is 4.33. The lowest BCUT2D eigenvalue weighted by molar-refractivity contribution is 1.24. The van der Waals surface area contributed by atoms with Crippen LogP contribution in [0, 0.1) is 6.42 Å². The summed E-state index contributed by atoms with van der Waals surface area (Å²) in [7, 11) is 0. The molecule has 0 amide bonds. The molecule has 1 heterocycles. The Morgan fingerprint density at radius 3 is 2.89 bits per heavy atom. The van der Waals surface area contributed by atoms with Crippen LogP contribution in [0.4, 0.5) is 0 Å². The van der Waals surface area contributed by atoms with Crippen LogP contribution in [0.15, 0.2) is 22.9 Å². The third kappa shape index (κ3) is 1.79. The molecule has 0 saturated heterocycles. The van der Waals surface area contributed by atoms with Crippen molar-refractivity contribution < 1.29 is 0 Å². The topological polar surface area (TPSA) is 12.9 Å². The summed E-state index contributed by atoms with van der Waals surface area (Å²) in [5.41, 5.74) is 1.19. The Morgan fingerprint density at radius 1 is 1.67 bits per heavy atom. The molecule has 1 radical (unpaired) electrons. The second-order valence-corrected chi connectivity index (χ2v) is 2.51. The van der Waals surface area contributed by atoms with Gasteiger partial charge in [-0.05, 0) is 40.0 Å². The molecule has 0 bridgehead atoms. The lowest BCUT2D eigenvalue weighted by atomic mass is 10.2. The van der Waals surface area contributed by atoms with E-state index in [1.807, 2.05) is 25.5 Å². The molecule has 1 aromatic rings. The molecule has 1 nitrogen and oxygen atoms in total. The van der Waals surface area contributed by atoms with Crippen LogP contribution in [-0.2, 0) is 0 Å². The highest BCUT2D eigenvalue weighted by Gasteiger charge is 1.88. The van der Waals surface area contributed by atoms with Crippen LogP contribution in [0.5, 0.6) is 0 Å². The Balaban J connectivity index is 2.94. The van der Waals surface area contributed by atoms with Gasteiger partial charge in [0.25, 0.3) is 0 Å². The highest BCUT2D eigenvalue weighted by molar-refractivity contribution is 9.10. The average molecular weight is 185 g/mol. The number of hydrogen-bond donors (Lipinski definition) is 0. The Bertz CT molecular complexity index is 198. The zero-order chi connectivity index (χ0) is 6.69. The Labute approximate surface area is 63.2 Å². The van der Waals surface area contributed by atoms with Crippen molar-refractivity contribution in [2.24, 2.45) is 0 Å². The van der Waals surface area contributed by atoms with Crippen molar-refractivity contribution in [1.29, 1.82) is 0 Å². The van der Waals surface area contributed by atoms with Crippen molar-refractivity contribution in [1.82, 2.24) is 4.98 Å². The van der Waals surface area contributed by atoms with Crippen molar-refractivity contribution >= 4 is 15.9 Å². The summed E-state index contributed by atoms with van der Waals surface area (Å²) in [4.78, 5) is 3.98. The van der Waals surface area contributed by atoms with Crippen LogP contribution < -0.4 is 0 Å². The van der Waals surface area contributed by atoms with Gasteiger partial charge in [-0.15, -0.1) is 0 Å². The quantitative estimate of drug-likeness (QED) is 0.612. The van der Waals surface area contributed by atoms with E-state index < -0.39 is 0 Å². The van der Waals surface area contributed by atoms with E-state index in [0.717, 1.165) is 4.60 Å². The number of nitrogens with zero attached hydrogens (tertiary/aromatic N) is 1. The molecule has 1 rings (SSSR count). The zero-order valence-electron chi connectivity index (χ0n) is 5.13. The first-order valence-electron chi connectivity index (χ1n) is 2.74. The normalized spacial score (nSPS) is 9.56. The molecule has 2 heteroatoms. The molecule has 0 spiro atoms. The predicted octanol–water partition coefficient (Wildman–Crippen LogP) is 2.42. The maximum absolute atomic E-state index is 3.98. The van der Waals surface area contributed by atoms with Gasteiger partial charge in [0.05, 0.1) is 0 Å². The molecule has 0 aliphatic carbocycles. The minimum absolute atomic E-state index is 0.887. The Morgan fingerprint density at radius 2 is 2.44 bits per heavy atom. The minimum Gasteiger partial charge on any atom is -0.249 e. The van der Waals surface area contributed by atoms with Gasteiger partial charge in [0, 0.05) is 6.20 Å². The molecule has 0 unspecified atom stereocenters. The van der Waals surface area contributed by atoms with Crippen LogP contribution in [0.25, 0.3) is 0 Å². The zero-order valence-corrected chi connectivity index (χ0v) is 6.72. The monoisotopic (exact) mass is 184 g/mol. The van der Waals surface area contributed by atoms with Gasteiger partial charge < -0.3 is 0 Å². The van der Waals surface area contributed by atoms with Crippen molar-refractivity contribution in [3.8, 4) is 0 Å². The Hall–Kier alpha value is -0.370. The SMILES string of the molecule is C[CH]c1ccnc(Br)c1. The lowest BCUT2D eigenvalue weighted by Gasteiger charge is -1.92. The van der Waals surface area contributed by atoms with Gasteiger partial charge in [-0.2, -0.15) is 0 Å². The van der Waals surface area contributed by atoms with Crippen molar-refractivity contribution in [2.75, 3.05) is 0 Å². The van der Waals surface area contributed by atoms with Crippen LogP contribution in [-0.4, -0.2) is 4.98 Å². The van der Waals surface area contributed by atoms with E-state index in [9.17, 15) is 0 Å². The first-order valence-corrected chi connectivity index (χ1v) is 3.53. The first kappa shape index (κ1) is 6.75. The molecule has 0 fully saturated rings. The van der Waals surface area contributed by atoms with E-state index in [-0.39, 0.29) is 0 Å². The van der Waals surface area contributed by atoms with E-state index in [4.69, 9.17) is 0 Å². The van der Waals surface area contributed by atoms with Gasteiger partial charge in [0.2, 0.25) is 0 Å². The Kier molecular flexibility index (Phi) is 2.22. The summed E-state index contributed by atoms with van der Waals surface area (Å²) in [6, 6.07) is 3.94. The summed E-state index contributed by atoms with van der Waals surface area (Å²) >= 11 is 3.27. The largest absolute Gasteiger partial charge is 0.249 e. The van der Waals surface area contributed by atoms with E-state index in [1.54, 1.807) is 6.20 Å². The van der Waals surface area contributed by atoms with Gasteiger partial charge in [0.1, 0.15) is 4.60 Å². The highest BCUT2D eigenvalue weighted by Crippen LogP contribution is 2.08. The van der Waals surface area contributed by atoms with Crippen LogP contribution in [0.3, 0.4) is 0 Å². The molecule has 0 aromatic carbocycles. The maximum atomic E-state index is 3.98. The van der Waals surface area contributed by atoms with Gasteiger partial charge in [-0.1, -0.05) is 6.92 Å². The number of hydrogen-bond acceptors (Lipinski definition) is 1. The third-order valence-corrected chi connectivity index (χ3v) is 1.52. The maximum Gasteiger partial charge on any atom is 0.106 e. The molecule has 0 aliphatic rings. The van der Waals surface area contributed by atoms with Crippen LogP contribution in [0.2, 0.25) is 0 Å². The van der Waals surface area contributed by atoms with Crippen molar-refractivity contribution in [3.05, 3.63) is 34.9 Å². The number of aromatic nitrogens is 1. The molecular weight excluding hydrogens is 178 g/mol. The van der Waals surface area contributed by atoms with Crippen LogP contribution in [0.1, 0.15) is 12.5 Å². The highest BCUT2D eigenvalue weighted by atomic mass is 79.9. The molecule has 0 aliphatic heterocycles. The molecule has 9 heavy (non-hydrogen) atoms. The van der Waals surface area contributed by atoms with E-state index in [2.05, 4.69) is 20.9 Å². The molecule has 1 aromatic heterocycles. The van der Waals surface area contributed by atoms with E-state index in [0.29, 0.717) is 0 Å². The number of rotatable bonds is 1. The molecule has 0 N–H and O–H groups in total. The van der Waals surface area contributed by atoms with E-state index >= 15 is 0 Å². The molecule has 0 atom stereocenters. The fourth-order valence-corrected chi connectivity index (χ4v) is 0.980. The molecule has 0 saturated carbocycles. The smallest absolute Gasteiger partial charge is 0.106 e. The van der Waals surface area contributed by atoms with Gasteiger partial charge in [0.15, 0.2) is 0 Å². The van der Waals surface area contributed by atoms with Crippen molar-refractivity contribution in [3.63, 3.8) is 0 Å². The van der Waals surface area contributed by atoms with E-state index in [1.165, 1.54) is 5.56 Å². The fourth-order valence-electron chi connectivity index (χ4n) is 0.597. The van der Waals surface area contributed by atoms with Gasteiger partial charge >= 0.3 is 0 Å². The summed E-state index contributed by atoms with van der Waals surface area (Å²) < 4.78 is 0.887. The van der Waals surface area contributed by atoms with Gasteiger partial charge in [-0.3, -0.25) is 0 Å². The summed E-state index contributed by atoms with van der Waals surface area (Å²) in [6.07, 6.45) is 3.81. The van der Waals surface area contributed by atoms with Crippen LogP contribution >= 0.6 is 15.9 Å². The average Bonchev–Trinajstić information content (AvgIpc) is 1.88. The molecule has 47 valence electrons.